The molecule has 1 aromatic heterocycles. The fourth-order valence-corrected chi connectivity index (χ4v) is 1.06. The van der Waals surface area contributed by atoms with Gasteiger partial charge in [-0.25, -0.2) is 0 Å². The molecule has 0 saturated heterocycles. The standard InChI is InChI=1S/C8H10NTe/c1-8(2,10)7-5-3-4-6-9-7/h3-6H,1-2H3. The van der Waals surface area contributed by atoms with Crippen molar-refractivity contribution < 1.29 is 0 Å². The Morgan fingerprint density at radius 1 is 1.40 bits per heavy atom. The second kappa shape index (κ2) is 2.90. The van der Waals surface area contributed by atoms with Crippen LogP contribution in [0.15, 0.2) is 24.4 Å². The van der Waals surface area contributed by atoms with E-state index < -0.39 is 0 Å². The zero-order valence-electron chi connectivity index (χ0n) is 6.16. The average Bonchev–Trinajstić information content (AvgIpc) is 1.88. The topological polar surface area (TPSA) is 12.9 Å². The van der Waals surface area contributed by atoms with E-state index in [9.17, 15) is 0 Å². The first-order valence-electron chi connectivity index (χ1n) is 3.22. The van der Waals surface area contributed by atoms with Crippen molar-refractivity contribution in [3.05, 3.63) is 30.1 Å². The molecule has 0 aliphatic rings. The summed E-state index contributed by atoms with van der Waals surface area (Å²) in [6.07, 6.45) is 1.84. The van der Waals surface area contributed by atoms with Crippen LogP contribution in [0.2, 0.25) is 0 Å². The molecular formula is C8H10NTe. The molecule has 0 saturated carbocycles. The van der Waals surface area contributed by atoms with Gasteiger partial charge in [-0.05, 0) is 0 Å². The summed E-state index contributed by atoms with van der Waals surface area (Å²) in [5.41, 5.74) is 1.15. The molecular weight excluding hydrogens is 238 g/mol. The Morgan fingerprint density at radius 2 is 2.10 bits per heavy atom. The maximum absolute atomic E-state index is 4.25. The van der Waals surface area contributed by atoms with E-state index in [-0.39, 0.29) is 3.46 Å². The van der Waals surface area contributed by atoms with E-state index in [4.69, 9.17) is 0 Å². The van der Waals surface area contributed by atoms with E-state index >= 15 is 0 Å². The van der Waals surface area contributed by atoms with Crippen LogP contribution < -0.4 is 0 Å². The van der Waals surface area contributed by atoms with Crippen LogP contribution in [0.25, 0.3) is 0 Å². The Hall–Kier alpha value is -0.0604. The second-order valence-electron chi connectivity index (χ2n) is 2.73. The predicted molar refractivity (Wildman–Crippen MR) is 43.0 cm³/mol. The first-order chi connectivity index (χ1) is 4.61. The number of hydrogen-bond donors (Lipinski definition) is 0. The fraction of sp³-hybridized carbons (Fsp3) is 0.375. The number of nitrogens with zero attached hydrogens (tertiary/aromatic N) is 1. The molecule has 1 nitrogen and oxygen atoms in total. The third kappa shape index (κ3) is 1.97. The van der Waals surface area contributed by atoms with Crippen LogP contribution >= 0.6 is 0 Å². The van der Waals surface area contributed by atoms with Gasteiger partial charge in [-0.1, -0.05) is 0 Å². The van der Waals surface area contributed by atoms with E-state index in [1.165, 1.54) is 0 Å². The predicted octanol–water partition coefficient (Wildman–Crippen LogP) is 1.49. The molecule has 0 spiro atoms. The molecule has 0 unspecified atom stereocenters. The molecule has 1 heterocycles. The zero-order chi connectivity index (χ0) is 7.61. The second-order valence-corrected chi connectivity index (χ2v) is 5.64. The number of pyridine rings is 1. The van der Waals surface area contributed by atoms with E-state index in [1.54, 1.807) is 0 Å². The zero-order valence-corrected chi connectivity index (χ0v) is 8.50. The van der Waals surface area contributed by atoms with Crippen molar-refractivity contribution in [1.29, 1.82) is 0 Å². The SMILES string of the molecule is CC(C)([Te])c1ccccn1. The maximum atomic E-state index is 4.25. The van der Waals surface area contributed by atoms with E-state index in [0.29, 0.717) is 0 Å². The van der Waals surface area contributed by atoms with Crippen LogP contribution in [-0.4, -0.2) is 27.3 Å². The van der Waals surface area contributed by atoms with E-state index in [2.05, 4.69) is 47.2 Å². The first kappa shape index (κ1) is 8.04. The Balaban J connectivity index is 2.97. The summed E-state index contributed by atoms with van der Waals surface area (Å²) in [7, 11) is 0. The van der Waals surface area contributed by atoms with Crippen LogP contribution in [-0.2, 0) is 3.46 Å². The minimum atomic E-state index is 0.192. The van der Waals surface area contributed by atoms with Gasteiger partial charge in [-0.3, -0.25) is 0 Å². The van der Waals surface area contributed by atoms with Gasteiger partial charge >= 0.3 is 74.7 Å². The van der Waals surface area contributed by atoms with Crippen LogP contribution in [0, 0.1) is 0 Å². The molecule has 0 atom stereocenters. The van der Waals surface area contributed by atoms with Crippen molar-refractivity contribution in [3.63, 3.8) is 0 Å². The molecule has 0 amide bonds. The molecule has 0 bridgehead atoms. The summed E-state index contributed by atoms with van der Waals surface area (Å²) >= 11 is 2.09. The fourth-order valence-electron chi connectivity index (χ4n) is 0.719. The van der Waals surface area contributed by atoms with Gasteiger partial charge in [-0.2, -0.15) is 0 Å². The van der Waals surface area contributed by atoms with Crippen molar-refractivity contribution in [3.8, 4) is 0 Å². The number of rotatable bonds is 1. The Kier molecular flexibility index (Phi) is 2.33. The molecule has 0 aliphatic carbocycles. The van der Waals surface area contributed by atoms with Crippen molar-refractivity contribution in [2.24, 2.45) is 0 Å². The van der Waals surface area contributed by atoms with E-state index in [0.717, 1.165) is 5.69 Å². The molecule has 10 heavy (non-hydrogen) atoms. The van der Waals surface area contributed by atoms with Crippen molar-refractivity contribution in [2.45, 2.75) is 17.3 Å². The summed E-state index contributed by atoms with van der Waals surface area (Å²) in [6, 6.07) is 6.02. The third-order valence-corrected chi connectivity index (χ3v) is 1.88. The van der Waals surface area contributed by atoms with Gasteiger partial charge in [0.1, 0.15) is 0 Å². The molecule has 1 aromatic rings. The van der Waals surface area contributed by atoms with E-state index in [1.807, 2.05) is 18.3 Å². The van der Waals surface area contributed by atoms with Gasteiger partial charge in [0, 0.05) is 0 Å². The Labute approximate surface area is 74.8 Å². The monoisotopic (exact) mass is 250 g/mol. The van der Waals surface area contributed by atoms with Crippen LogP contribution in [0.5, 0.6) is 0 Å². The molecule has 0 aromatic carbocycles. The summed E-state index contributed by atoms with van der Waals surface area (Å²) in [6.45, 7) is 4.33. The third-order valence-electron chi connectivity index (χ3n) is 1.28. The van der Waals surface area contributed by atoms with Crippen molar-refractivity contribution in [2.75, 3.05) is 0 Å². The van der Waals surface area contributed by atoms with Crippen LogP contribution in [0.1, 0.15) is 19.5 Å². The summed E-state index contributed by atoms with van der Waals surface area (Å²) < 4.78 is 0.192. The van der Waals surface area contributed by atoms with Gasteiger partial charge in [0.15, 0.2) is 0 Å². The van der Waals surface area contributed by atoms with Crippen molar-refractivity contribution in [1.82, 2.24) is 4.98 Å². The molecule has 0 N–H and O–H groups in total. The molecule has 0 aliphatic heterocycles. The number of hydrogen-bond acceptors (Lipinski definition) is 1. The molecule has 53 valence electrons. The van der Waals surface area contributed by atoms with Crippen LogP contribution in [0.3, 0.4) is 0 Å². The Bertz CT molecular complexity index is 200. The minimum absolute atomic E-state index is 0.192. The normalized spacial score (nSPS) is 11.5. The summed E-state index contributed by atoms with van der Waals surface area (Å²) in [4.78, 5) is 4.25. The van der Waals surface area contributed by atoms with Crippen molar-refractivity contribution >= 4 is 22.3 Å². The molecule has 1 rings (SSSR count). The van der Waals surface area contributed by atoms with Gasteiger partial charge in [0.25, 0.3) is 0 Å². The number of aromatic nitrogens is 1. The Morgan fingerprint density at radius 3 is 2.40 bits per heavy atom. The van der Waals surface area contributed by atoms with Gasteiger partial charge in [0.05, 0.1) is 0 Å². The average molecular weight is 248 g/mol. The summed E-state index contributed by atoms with van der Waals surface area (Å²) in [5, 5.41) is 0. The molecule has 2 heteroatoms. The van der Waals surface area contributed by atoms with Crippen LogP contribution in [0.4, 0.5) is 0 Å². The molecule has 0 fully saturated rings. The van der Waals surface area contributed by atoms with Gasteiger partial charge < -0.3 is 0 Å². The first-order valence-corrected chi connectivity index (χ1v) is 4.39. The molecule has 1 radical (unpaired) electrons. The van der Waals surface area contributed by atoms with Gasteiger partial charge in [0.2, 0.25) is 0 Å². The van der Waals surface area contributed by atoms with Gasteiger partial charge in [-0.15, -0.1) is 0 Å². The quantitative estimate of drug-likeness (QED) is 0.686. The summed E-state index contributed by atoms with van der Waals surface area (Å²) in [5.74, 6) is 0.